The molecule has 1 aromatic rings. The first kappa shape index (κ1) is 19.4. The van der Waals surface area contributed by atoms with Crippen LogP contribution in [0.5, 0.6) is 0 Å². The minimum Gasteiger partial charge on any atom is -0.480 e. The van der Waals surface area contributed by atoms with Crippen LogP contribution in [0.1, 0.15) is 38.2 Å². The number of nitrogens with zero attached hydrogens (tertiary/aromatic N) is 2. The Morgan fingerprint density at radius 1 is 1.24 bits per heavy atom. The number of amides is 1. The van der Waals surface area contributed by atoms with Crippen LogP contribution in [0.4, 0.5) is 5.69 Å². The molecule has 0 atom stereocenters. The predicted molar refractivity (Wildman–Crippen MR) is 98.9 cm³/mol. The number of aliphatic carboxylic acids is 1. The molecule has 0 bridgehead atoms. The van der Waals surface area contributed by atoms with Crippen molar-refractivity contribution in [2.75, 3.05) is 38.5 Å². The first-order chi connectivity index (χ1) is 11.8. The number of carboxylic acids is 1. The van der Waals surface area contributed by atoms with Crippen molar-refractivity contribution < 1.29 is 14.7 Å². The second-order valence-electron chi connectivity index (χ2n) is 7.14. The molecule has 1 fully saturated rings. The Morgan fingerprint density at radius 3 is 2.36 bits per heavy atom. The zero-order chi connectivity index (χ0) is 18.4. The summed E-state index contributed by atoms with van der Waals surface area (Å²) in [6.45, 7) is 6.36. The van der Waals surface area contributed by atoms with Gasteiger partial charge in [0, 0.05) is 24.8 Å². The maximum atomic E-state index is 12.2. The Kier molecular flexibility index (Phi) is 6.96. The lowest BCUT2D eigenvalue weighted by Crippen LogP contribution is -2.46. The first-order valence-corrected chi connectivity index (χ1v) is 8.89. The van der Waals surface area contributed by atoms with E-state index in [0.29, 0.717) is 12.5 Å². The van der Waals surface area contributed by atoms with Gasteiger partial charge in [-0.15, -0.1) is 0 Å². The minimum atomic E-state index is -0.798. The molecule has 6 heteroatoms. The van der Waals surface area contributed by atoms with E-state index in [4.69, 9.17) is 5.11 Å². The number of carboxylic acid groups (broad SMARTS) is 1. The third-order valence-corrected chi connectivity index (χ3v) is 4.79. The van der Waals surface area contributed by atoms with Crippen LogP contribution in [-0.4, -0.2) is 66.1 Å². The highest BCUT2D eigenvalue weighted by molar-refractivity contribution is 5.92. The van der Waals surface area contributed by atoms with Crippen molar-refractivity contribution in [1.29, 1.82) is 0 Å². The molecule has 2 N–H and O–H groups in total. The molecule has 0 spiro atoms. The van der Waals surface area contributed by atoms with Crippen LogP contribution in [0, 0.1) is 0 Å². The fourth-order valence-electron chi connectivity index (χ4n) is 3.22. The smallest absolute Gasteiger partial charge is 0.317 e. The zero-order valence-electron chi connectivity index (χ0n) is 15.4. The third kappa shape index (κ3) is 6.14. The van der Waals surface area contributed by atoms with E-state index >= 15 is 0 Å². The number of benzene rings is 1. The van der Waals surface area contributed by atoms with Crippen molar-refractivity contribution in [2.45, 2.75) is 38.6 Å². The van der Waals surface area contributed by atoms with Gasteiger partial charge in [-0.2, -0.15) is 0 Å². The van der Waals surface area contributed by atoms with Gasteiger partial charge in [-0.3, -0.25) is 19.4 Å². The number of carbonyl (C=O) groups is 2. The van der Waals surface area contributed by atoms with Crippen molar-refractivity contribution in [1.82, 2.24) is 9.80 Å². The average molecular weight is 347 g/mol. The summed E-state index contributed by atoms with van der Waals surface area (Å²) in [6, 6.07) is 8.26. The minimum absolute atomic E-state index is 0.00497. The molecule has 1 heterocycles. The lowest BCUT2D eigenvalue weighted by molar-refractivity contribution is -0.138. The van der Waals surface area contributed by atoms with Crippen LogP contribution in [0.2, 0.25) is 0 Å². The second-order valence-corrected chi connectivity index (χ2v) is 7.14. The second kappa shape index (κ2) is 8.97. The van der Waals surface area contributed by atoms with E-state index in [0.717, 1.165) is 31.6 Å². The van der Waals surface area contributed by atoms with Crippen LogP contribution in [-0.2, 0) is 9.59 Å². The maximum absolute atomic E-state index is 12.2. The molecule has 6 nitrogen and oxygen atoms in total. The van der Waals surface area contributed by atoms with Crippen LogP contribution in [0.3, 0.4) is 0 Å². The molecular weight excluding hydrogens is 318 g/mol. The topological polar surface area (TPSA) is 72.9 Å². The summed E-state index contributed by atoms with van der Waals surface area (Å²) in [4.78, 5) is 27.0. The number of piperidine rings is 1. The van der Waals surface area contributed by atoms with Crippen LogP contribution >= 0.6 is 0 Å². The summed E-state index contributed by atoms with van der Waals surface area (Å²) in [5.41, 5.74) is 2.08. The van der Waals surface area contributed by atoms with Gasteiger partial charge in [0.05, 0.1) is 13.1 Å². The Bertz CT molecular complexity index is 578. The summed E-state index contributed by atoms with van der Waals surface area (Å²) >= 11 is 0. The van der Waals surface area contributed by atoms with Gasteiger partial charge in [0.2, 0.25) is 5.91 Å². The molecule has 0 unspecified atom stereocenters. The Hall–Kier alpha value is -1.92. The van der Waals surface area contributed by atoms with Crippen molar-refractivity contribution in [3.8, 4) is 0 Å². The molecule has 1 aromatic carbocycles. The van der Waals surface area contributed by atoms with Gasteiger partial charge in [0.1, 0.15) is 0 Å². The van der Waals surface area contributed by atoms with E-state index < -0.39 is 5.97 Å². The number of hydrogen-bond acceptors (Lipinski definition) is 4. The number of carbonyl (C=O) groups excluding carboxylic acids is 1. The number of hydrogen-bond donors (Lipinski definition) is 2. The standard InChI is InChI=1S/C19H29N3O3/c1-14(2)15-4-6-16(7-5-15)20-18(23)12-22-10-8-17(9-11-22)21(3)13-19(24)25/h4-7,14,17H,8-13H2,1-3H3,(H,20,23)(H,24,25). The lowest BCUT2D eigenvalue weighted by Gasteiger charge is -2.35. The number of likely N-dealkylation sites (N-methyl/N-ethyl adjacent to an activating group) is 1. The normalized spacial score (nSPS) is 16.4. The molecule has 2 rings (SSSR count). The molecule has 1 aliphatic rings. The molecule has 0 radical (unpaired) electrons. The molecule has 138 valence electrons. The summed E-state index contributed by atoms with van der Waals surface area (Å²) < 4.78 is 0. The highest BCUT2D eigenvalue weighted by Crippen LogP contribution is 2.18. The Labute approximate surface area is 149 Å². The van der Waals surface area contributed by atoms with E-state index in [1.54, 1.807) is 0 Å². The van der Waals surface area contributed by atoms with Gasteiger partial charge >= 0.3 is 5.97 Å². The molecule has 1 aliphatic heterocycles. The Balaban J connectivity index is 1.75. The zero-order valence-corrected chi connectivity index (χ0v) is 15.4. The molecule has 1 amide bonds. The molecule has 0 aromatic heterocycles. The number of likely N-dealkylation sites (tertiary alicyclic amines) is 1. The van der Waals surface area contributed by atoms with Gasteiger partial charge in [0.15, 0.2) is 0 Å². The van der Waals surface area contributed by atoms with Crippen LogP contribution < -0.4 is 5.32 Å². The van der Waals surface area contributed by atoms with Crippen LogP contribution in [0.25, 0.3) is 0 Å². The number of rotatable bonds is 7. The molecular formula is C19H29N3O3. The highest BCUT2D eigenvalue weighted by atomic mass is 16.4. The van der Waals surface area contributed by atoms with Gasteiger partial charge < -0.3 is 10.4 Å². The summed E-state index contributed by atoms with van der Waals surface area (Å²) in [5.74, 6) is -0.326. The average Bonchev–Trinajstić information content (AvgIpc) is 2.55. The molecule has 0 saturated carbocycles. The summed E-state index contributed by atoms with van der Waals surface area (Å²) in [5, 5.41) is 11.8. The van der Waals surface area contributed by atoms with Crippen LogP contribution in [0.15, 0.2) is 24.3 Å². The molecule has 1 saturated heterocycles. The van der Waals surface area contributed by atoms with Crippen molar-refractivity contribution in [3.05, 3.63) is 29.8 Å². The van der Waals surface area contributed by atoms with Crippen molar-refractivity contribution in [3.63, 3.8) is 0 Å². The number of nitrogens with one attached hydrogen (secondary N) is 1. The van der Waals surface area contributed by atoms with Gasteiger partial charge in [-0.1, -0.05) is 26.0 Å². The van der Waals surface area contributed by atoms with Crippen molar-refractivity contribution in [2.24, 2.45) is 0 Å². The lowest BCUT2D eigenvalue weighted by atomic mass is 10.0. The van der Waals surface area contributed by atoms with Gasteiger partial charge in [-0.05, 0) is 43.5 Å². The monoisotopic (exact) mass is 347 g/mol. The van der Waals surface area contributed by atoms with Crippen molar-refractivity contribution >= 4 is 17.6 Å². The van der Waals surface area contributed by atoms with E-state index in [1.807, 2.05) is 36.2 Å². The van der Waals surface area contributed by atoms with Gasteiger partial charge in [0.25, 0.3) is 0 Å². The third-order valence-electron chi connectivity index (χ3n) is 4.79. The molecule has 0 aliphatic carbocycles. The predicted octanol–water partition coefficient (Wildman–Crippen LogP) is 2.23. The van der Waals surface area contributed by atoms with Gasteiger partial charge in [-0.25, -0.2) is 0 Å². The fourth-order valence-corrected chi connectivity index (χ4v) is 3.22. The van der Waals surface area contributed by atoms with E-state index in [1.165, 1.54) is 5.56 Å². The maximum Gasteiger partial charge on any atom is 0.317 e. The summed E-state index contributed by atoms with van der Waals surface area (Å²) in [6.07, 6.45) is 1.78. The van der Waals surface area contributed by atoms with E-state index in [9.17, 15) is 9.59 Å². The van der Waals surface area contributed by atoms with E-state index in [2.05, 4.69) is 24.1 Å². The summed E-state index contributed by atoms with van der Waals surface area (Å²) in [7, 11) is 1.85. The quantitative estimate of drug-likeness (QED) is 0.791. The molecule has 25 heavy (non-hydrogen) atoms. The fraction of sp³-hybridized carbons (Fsp3) is 0.579. The number of anilines is 1. The largest absolute Gasteiger partial charge is 0.480 e. The highest BCUT2D eigenvalue weighted by Gasteiger charge is 2.24. The van der Waals surface area contributed by atoms with E-state index in [-0.39, 0.29) is 18.5 Å². The first-order valence-electron chi connectivity index (χ1n) is 8.89. The SMILES string of the molecule is CC(C)c1ccc(NC(=O)CN2CCC(N(C)CC(=O)O)CC2)cc1. The Morgan fingerprint density at radius 2 is 1.84 bits per heavy atom.